The van der Waals surface area contributed by atoms with E-state index in [-0.39, 0.29) is 15.6 Å². The molecule has 0 heterocycles. The monoisotopic (exact) mass is 385 g/mol. The van der Waals surface area contributed by atoms with Crippen LogP contribution in [0.2, 0.25) is 10.0 Å². The molecular weight excluding hydrogens is 370 g/mol. The van der Waals surface area contributed by atoms with Gasteiger partial charge in [0.05, 0.1) is 15.5 Å². The molecule has 1 aromatic rings. The largest absolute Gasteiger partial charge is 0.479 e. The van der Waals surface area contributed by atoms with Crippen molar-refractivity contribution < 1.29 is 27.9 Å². The van der Waals surface area contributed by atoms with Crippen molar-refractivity contribution in [3.63, 3.8) is 0 Å². The van der Waals surface area contributed by atoms with Gasteiger partial charge in [-0.1, -0.05) is 43.1 Å². The van der Waals surface area contributed by atoms with Gasteiger partial charge in [-0.15, -0.1) is 0 Å². The molecule has 4 nitrogen and oxygen atoms in total. The molecule has 1 rings (SSSR count). The van der Waals surface area contributed by atoms with E-state index in [1.807, 2.05) is 0 Å². The maximum absolute atomic E-state index is 12.9. The summed E-state index contributed by atoms with van der Waals surface area (Å²) in [6, 6.07) is 3.91. The molecular formula is C15H16Cl2F3NO3. The van der Waals surface area contributed by atoms with Crippen LogP contribution in [0.15, 0.2) is 18.2 Å². The fourth-order valence-electron chi connectivity index (χ4n) is 1.88. The third-order valence-electron chi connectivity index (χ3n) is 3.68. The van der Waals surface area contributed by atoms with E-state index in [4.69, 9.17) is 23.2 Å². The average Bonchev–Trinajstić information content (AvgIpc) is 2.39. The zero-order valence-corrected chi connectivity index (χ0v) is 14.6. The summed E-state index contributed by atoms with van der Waals surface area (Å²) in [4.78, 5) is 23.6. The molecule has 0 radical (unpaired) electrons. The van der Waals surface area contributed by atoms with Gasteiger partial charge in [-0.3, -0.25) is 4.79 Å². The first-order valence-corrected chi connectivity index (χ1v) is 7.53. The number of halogens is 5. The van der Waals surface area contributed by atoms with Crippen molar-refractivity contribution in [2.75, 3.05) is 0 Å². The van der Waals surface area contributed by atoms with Gasteiger partial charge in [0.2, 0.25) is 5.91 Å². The maximum Gasteiger partial charge on any atom is 0.394 e. The predicted octanol–water partition coefficient (Wildman–Crippen LogP) is 4.39. The molecule has 0 fully saturated rings. The Hall–Kier alpha value is -1.47. The second-order valence-corrected chi connectivity index (χ2v) is 6.98. The Balaban J connectivity index is 3.11. The number of carbonyl (C=O) groups excluding carboxylic acids is 1. The van der Waals surface area contributed by atoms with Crippen molar-refractivity contribution in [1.29, 1.82) is 0 Å². The number of hydrogen-bond acceptors (Lipinski definition) is 2. The first kappa shape index (κ1) is 20.6. The van der Waals surface area contributed by atoms with Gasteiger partial charge in [0.15, 0.2) is 5.54 Å². The van der Waals surface area contributed by atoms with Crippen molar-refractivity contribution in [2.45, 2.75) is 38.9 Å². The van der Waals surface area contributed by atoms with Crippen LogP contribution in [-0.2, 0) is 15.1 Å². The normalized spacial score (nSPS) is 14.8. The lowest BCUT2D eigenvalue weighted by molar-refractivity contribution is -0.214. The quantitative estimate of drug-likeness (QED) is 0.789. The summed E-state index contributed by atoms with van der Waals surface area (Å²) in [6.07, 6.45) is -5.52. The summed E-state index contributed by atoms with van der Waals surface area (Å²) in [7, 11) is 0. The fourth-order valence-corrected chi connectivity index (χ4v) is 2.18. The number of alkyl halides is 3. The molecule has 0 aromatic heterocycles. The minimum atomic E-state index is -4.60. The van der Waals surface area contributed by atoms with E-state index in [2.05, 4.69) is 5.32 Å². The summed E-state index contributed by atoms with van der Waals surface area (Å²) in [6.45, 7) is 2.89. The van der Waals surface area contributed by atoms with Gasteiger partial charge in [0, 0.05) is 6.42 Å². The molecule has 9 heteroatoms. The van der Waals surface area contributed by atoms with Gasteiger partial charge < -0.3 is 10.4 Å². The van der Waals surface area contributed by atoms with E-state index in [9.17, 15) is 27.9 Å². The summed E-state index contributed by atoms with van der Waals surface area (Å²) in [5.74, 6) is -2.49. The Bertz CT molecular complexity index is 662. The summed E-state index contributed by atoms with van der Waals surface area (Å²) < 4.78 is 38.6. The van der Waals surface area contributed by atoms with E-state index >= 15 is 0 Å². The molecule has 0 saturated heterocycles. The van der Waals surface area contributed by atoms with Crippen LogP contribution in [0.1, 0.15) is 32.8 Å². The zero-order chi connectivity index (χ0) is 18.9. The highest BCUT2D eigenvalue weighted by atomic mass is 35.5. The molecule has 24 heavy (non-hydrogen) atoms. The van der Waals surface area contributed by atoms with Crippen LogP contribution < -0.4 is 5.32 Å². The van der Waals surface area contributed by atoms with Crippen LogP contribution in [0.5, 0.6) is 0 Å². The smallest absolute Gasteiger partial charge is 0.394 e. The molecule has 1 atom stereocenters. The van der Waals surface area contributed by atoms with Gasteiger partial charge in [-0.05, 0) is 24.6 Å². The van der Waals surface area contributed by atoms with Crippen molar-refractivity contribution in [3.05, 3.63) is 33.8 Å². The van der Waals surface area contributed by atoms with Crippen LogP contribution in [0, 0.1) is 5.41 Å². The van der Waals surface area contributed by atoms with Crippen molar-refractivity contribution in [2.24, 2.45) is 5.41 Å². The van der Waals surface area contributed by atoms with Crippen LogP contribution in [0.25, 0.3) is 0 Å². The van der Waals surface area contributed by atoms with Gasteiger partial charge in [0.1, 0.15) is 0 Å². The topological polar surface area (TPSA) is 66.4 Å². The predicted molar refractivity (Wildman–Crippen MR) is 84.0 cm³/mol. The molecule has 0 saturated carbocycles. The molecule has 0 aliphatic rings. The standard InChI is InChI=1S/C15H16Cl2F3NO3/c1-13(2,15(18,19)20)7-11(22)21-14(3,12(23)24)8-4-5-9(16)10(17)6-8/h4-6H,7H2,1-3H3,(H,21,22)(H,23,24). The lowest BCUT2D eigenvalue weighted by atomic mass is 9.86. The zero-order valence-electron chi connectivity index (χ0n) is 13.1. The third kappa shape index (κ3) is 4.33. The van der Waals surface area contributed by atoms with E-state index in [1.54, 1.807) is 0 Å². The molecule has 0 aliphatic carbocycles. The number of carbonyl (C=O) groups is 2. The second-order valence-electron chi connectivity index (χ2n) is 6.17. The minimum absolute atomic E-state index is 0.0616. The maximum atomic E-state index is 12.9. The van der Waals surface area contributed by atoms with E-state index in [1.165, 1.54) is 18.2 Å². The Morgan fingerprint density at radius 1 is 1.12 bits per heavy atom. The van der Waals surface area contributed by atoms with Gasteiger partial charge in [0.25, 0.3) is 0 Å². The van der Waals surface area contributed by atoms with Crippen molar-refractivity contribution >= 4 is 35.1 Å². The molecule has 0 aliphatic heterocycles. The SMILES string of the molecule is CC(NC(=O)CC(C)(C)C(F)(F)F)(C(=O)O)c1ccc(Cl)c(Cl)c1. The van der Waals surface area contributed by atoms with Crippen LogP contribution in [-0.4, -0.2) is 23.2 Å². The highest BCUT2D eigenvalue weighted by Gasteiger charge is 2.49. The molecule has 1 aromatic carbocycles. The molecule has 1 unspecified atom stereocenters. The van der Waals surface area contributed by atoms with Crippen LogP contribution in [0.4, 0.5) is 13.2 Å². The van der Waals surface area contributed by atoms with E-state index < -0.39 is 35.4 Å². The number of hydrogen-bond donors (Lipinski definition) is 2. The van der Waals surface area contributed by atoms with Crippen molar-refractivity contribution in [1.82, 2.24) is 5.32 Å². The molecule has 2 N–H and O–H groups in total. The second kappa shape index (κ2) is 6.80. The van der Waals surface area contributed by atoms with Crippen LogP contribution in [0.3, 0.4) is 0 Å². The van der Waals surface area contributed by atoms with Gasteiger partial charge >= 0.3 is 12.1 Å². The van der Waals surface area contributed by atoms with Gasteiger partial charge in [-0.2, -0.15) is 13.2 Å². The van der Waals surface area contributed by atoms with Crippen LogP contribution >= 0.6 is 23.2 Å². The molecule has 0 bridgehead atoms. The first-order chi connectivity index (χ1) is 10.7. The number of amides is 1. The summed E-state index contributed by atoms with van der Waals surface area (Å²) >= 11 is 11.6. The Kier molecular flexibility index (Phi) is 5.83. The van der Waals surface area contributed by atoms with E-state index in [0.29, 0.717) is 0 Å². The molecule has 0 spiro atoms. The Morgan fingerprint density at radius 3 is 2.08 bits per heavy atom. The lowest BCUT2D eigenvalue weighted by Gasteiger charge is -2.31. The number of benzene rings is 1. The highest BCUT2D eigenvalue weighted by molar-refractivity contribution is 6.42. The van der Waals surface area contributed by atoms with Gasteiger partial charge in [-0.25, -0.2) is 4.79 Å². The molecule has 1 amide bonds. The number of rotatable bonds is 5. The average molecular weight is 386 g/mol. The number of aliphatic carboxylic acids is 1. The number of nitrogens with one attached hydrogen (secondary N) is 1. The summed E-state index contributed by atoms with van der Waals surface area (Å²) in [5, 5.41) is 11.8. The first-order valence-electron chi connectivity index (χ1n) is 6.77. The third-order valence-corrected chi connectivity index (χ3v) is 4.42. The number of carboxylic acids is 1. The summed E-state index contributed by atoms with van der Waals surface area (Å²) in [5.41, 5.74) is -4.16. The Morgan fingerprint density at radius 2 is 1.67 bits per heavy atom. The van der Waals surface area contributed by atoms with E-state index in [0.717, 1.165) is 20.8 Å². The molecule has 134 valence electrons. The Labute approximate surface area is 146 Å². The van der Waals surface area contributed by atoms with Crippen molar-refractivity contribution in [3.8, 4) is 0 Å². The lowest BCUT2D eigenvalue weighted by Crippen LogP contribution is -2.51. The fraction of sp³-hybridized carbons (Fsp3) is 0.467. The highest BCUT2D eigenvalue weighted by Crippen LogP contribution is 2.40. The number of carboxylic acid groups (broad SMARTS) is 1. The minimum Gasteiger partial charge on any atom is -0.479 e.